The lowest BCUT2D eigenvalue weighted by molar-refractivity contribution is 0.171. The van der Waals surface area contributed by atoms with E-state index in [1.807, 2.05) is 25.3 Å². The average molecular weight is 248 g/mol. The summed E-state index contributed by atoms with van der Waals surface area (Å²) in [5, 5.41) is 7.74. The van der Waals surface area contributed by atoms with Gasteiger partial charge >= 0.3 is 0 Å². The number of nitrogens with one attached hydrogen (secondary N) is 1. The Morgan fingerprint density at radius 1 is 1.39 bits per heavy atom. The zero-order chi connectivity index (χ0) is 13.1. The molecular weight excluding hydrogens is 228 g/mol. The third-order valence-electron chi connectivity index (χ3n) is 2.94. The summed E-state index contributed by atoms with van der Waals surface area (Å²) in [7, 11) is 1.71. The van der Waals surface area contributed by atoms with E-state index in [4.69, 9.17) is 4.74 Å². The van der Waals surface area contributed by atoms with Gasteiger partial charge in [0.15, 0.2) is 5.65 Å². The predicted octanol–water partition coefficient (Wildman–Crippen LogP) is 2.12. The van der Waals surface area contributed by atoms with Crippen molar-refractivity contribution in [1.82, 2.24) is 14.6 Å². The third kappa shape index (κ3) is 2.79. The highest BCUT2D eigenvalue weighted by Gasteiger charge is 2.15. The minimum atomic E-state index is 0.216. The number of rotatable bonds is 5. The van der Waals surface area contributed by atoms with Gasteiger partial charge in [-0.3, -0.25) is 0 Å². The molecule has 1 atom stereocenters. The molecule has 0 fully saturated rings. The number of nitrogens with zero attached hydrogens (tertiary/aromatic N) is 3. The molecule has 0 aliphatic heterocycles. The van der Waals surface area contributed by atoms with E-state index in [1.54, 1.807) is 11.6 Å². The van der Waals surface area contributed by atoms with Gasteiger partial charge in [-0.25, -0.2) is 4.52 Å². The second-order valence-corrected chi connectivity index (χ2v) is 4.89. The van der Waals surface area contributed by atoms with Crippen LogP contribution < -0.4 is 5.32 Å². The van der Waals surface area contributed by atoms with Crippen LogP contribution in [0, 0.1) is 12.8 Å². The van der Waals surface area contributed by atoms with E-state index in [2.05, 4.69) is 29.2 Å². The van der Waals surface area contributed by atoms with Gasteiger partial charge in [0.05, 0.1) is 12.6 Å². The number of aromatic nitrogens is 3. The number of fused-ring (bicyclic) bond motifs is 1. The summed E-state index contributed by atoms with van der Waals surface area (Å²) in [5.41, 5.74) is 2.01. The largest absolute Gasteiger partial charge is 0.383 e. The van der Waals surface area contributed by atoms with Crippen LogP contribution in [-0.2, 0) is 4.74 Å². The Morgan fingerprint density at radius 2 is 2.17 bits per heavy atom. The van der Waals surface area contributed by atoms with Gasteiger partial charge in [0.2, 0.25) is 5.95 Å². The van der Waals surface area contributed by atoms with Crippen LogP contribution in [0.15, 0.2) is 18.3 Å². The molecule has 0 saturated carbocycles. The van der Waals surface area contributed by atoms with Gasteiger partial charge in [0.25, 0.3) is 0 Å². The molecule has 5 heteroatoms. The lowest BCUT2D eigenvalue weighted by Gasteiger charge is -2.20. The SMILES string of the molecule is COCC(Nc1nc2ccc(C)cn2n1)C(C)C. The molecule has 2 rings (SSSR count). The van der Waals surface area contributed by atoms with Crippen LogP contribution in [0.4, 0.5) is 5.95 Å². The van der Waals surface area contributed by atoms with Gasteiger partial charge in [-0.05, 0) is 24.5 Å². The molecule has 0 radical (unpaired) electrons. The molecular formula is C13H20N4O. The first-order chi connectivity index (χ1) is 8.60. The molecule has 2 aromatic rings. The Morgan fingerprint density at radius 3 is 2.83 bits per heavy atom. The van der Waals surface area contributed by atoms with Gasteiger partial charge in [-0.15, -0.1) is 5.10 Å². The van der Waals surface area contributed by atoms with E-state index in [0.29, 0.717) is 18.5 Å². The van der Waals surface area contributed by atoms with Crippen molar-refractivity contribution in [2.75, 3.05) is 19.0 Å². The maximum Gasteiger partial charge on any atom is 0.243 e. The Kier molecular flexibility index (Phi) is 3.81. The normalized spacial score (nSPS) is 13.2. The van der Waals surface area contributed by atoms with E-state index in [-0.39, 0.29) is 6.04 Å². The molecule has 0 spiro atoms. The molecule has 0 aliphatic rings. The van der Waals surface area contributed by atoms with E-state index in [9.17, 15) is 0 Å². The molecule has 0 saturated heterocycles. The monoisotopic (exact) mass is 248 g/mol. The zero-order valence-corrected chi connectivity index (χ0v) is 11.3. The van der Waals surface area contributed by atoms with Crippen molar-refractivity contribution in [3.05, 3.63) is 23.9 Å². The van der Waals surface area contributed by atoms with Crippen LogP contribution in [0.25, 0.3) is 5.65 Å². The van der Waals surface area contributed by atoms with Crippen LogP contribution in [0.5, 0.6) is 0 Å². The summed E-state index contributed by atoms with van der Waals surface area (Å²) >= 11 is 0. The maximum absolute atomic E-state index is 5.21. The topological polar surface area (TPSA) is 51.5 Å². The van der Waals surface area contributed by atoms with Gasteiger partial charge in [-0.1, -0.05) is 19.9 Å². The molecule has 0 aliphatic carbocycles. The Labute approximate surface area is 107 Å². The minimum absolute atomic E-state index is 0.216. The number of anilines is 1. The van der Waals surface area contributed by atoms with E-state index in [0.717, 1.165) is 11.2 Å². The van der Waals surface area contributed by atoms with Gasteiger partial charge < -0.3 is 10.1 Å². The second kappa shape index (κ2) is 5.35. The van der Waals surface area contributed by atoms with Gasteiger partial charge in [-0.2, -0.15) is 4.98 Å². The third-order valence-corrected chi connectivity index (χ3v) is 2.94. The lowest BCUT2D eigenvalue weighted by atomic mass is 10.1. The van der Waals surface area contributed by atoms with Crippen LogP contribution in [0.3, 0.4) is 0 Å². The second-order valence-electron chi connectivity index (χ2n) is 4.89. The molecule has 2 heterocycles. The number of ether oxygens (including phenoxy) is 1. The molecule has 2 aromatic heterocycles. The highest BCUT2D eigenvalue weighted by molar-refractivity contribution is 5.44. The van der Waals surface area contributed by atoms with E-state index < -0.39 is 0 Å². The number of methoxy groups -OCH3 is 1. The van der Waals surface area contributed by atoms with Crippen molar-refractivity contribution < 1.29 is 4.74 Å². The van der Waals surface area contributed by atoms with Crippen molar-refractivity contribution >= 4 is 11.6 Å². The Hall–Kier alpha value is -1.62. The standard InChI is InChI=1S/C13H20N4O/c1-9(2)11(8-18-4)14-13-15-12-6-5-10(3)7-17(12)16-13/h5-7,9,11H,8H2,1-4H3,(H,14,16). The Bertz CT molecular complexity index is 521. The van der Waals surface area contributed by atoms with Crippen molar-refractivity contribution in [2.24, 2.45) is 5.92 Å². The summed E-state index contributed by atoms with van der Waals surface area (Å²) in [5.74, 6) is 1.11. The Balaban J connectivity index is 2.20. The van der Waals surface area contributed by atoms with Crippen molar-refractivity contribution in [3.8, 4) is 0 Å². The van der Waals surface area contributed by atoms with Gasteiger partial charge in [0.1, 0.15) is 0 Å². The number of aryl methyl sites for hydroxylation is 1. The molecule has 1 unspecified atom stereocenters. The maximum atomic E-state index is 5.21. The van der Waals surface area contributed by atoms with E-state index in [1.165, 1.54) is 0 Å². The van der Waals surface area contributed by atoms with Crippen molar-refractivity contribution in [3.63, 3.8) is 0 Å². The van der Waals surface area contributed by atoms with E-state index >= 15 is 0 Å². The lowest BCUT2D eigenvalue weighted by Crippen LogP contribution is -2.30. The first-order valence-corrected chi connectivity index (χ1v) is 6.18. The summed E-state index contributed by atoms with van der Waals surface area (Å²) in [6.45, 7) is 6.98. The fourth-order valence-electron chi connectivity index (χ4n) is 1.79. The predicted molar refractivity (Wildman–Crippen MR) is 71.8 cm³/mol. The smallest absolute Gasteiger partial charge is 0.243 e. The molecule has 98 valence electrons. The summed E-state index contributed by atoms with van der Waals surface area (Å²) in [4.78, 5) is 4.44. The van der Waals surface area contributed by atoms with Crippen molar-refractivity contribution in [2.45, 2.75) is 26.8 Å². The van der Waals surface area contributed by atoms with Crippen LogP contribution in [-0.4, -0.2) is 34.4 Å². The molecule has 0 aromatic carbocycles. The summed E-state index contributed by atoms with van der Waals surface area (Å²) in [6.07, 6.45) is 1.97. The molecule has 0 bridgehead atoms. The number of pyridine rings is 1. The van der Waals surface area contributed by atoms with Crippen LogP contribution in [0.2, 0.25) is 0 Å². The molecule has 18 heavy (non-hydrogen) atoms. The van der Waals surface area contributed by atoms with Gasteiger partial charge in [0, 0.05) is 13.3 Å². The first-order valence-electron chi connectivity index (χ1n) is 6.18. The van der Waals surface area contributed by atoms with Crippen LogP contribution >= 0.6 is 0 Å². The molecule has 1 N–H and O–H groups in total. The number of hydrogen-bond acceptors (Lipinski definition) is 4. The summed E-state index contributed by atoms with van der Waals surface area (Å²) < 4.78 is 7.00. The zero-order valence-electron chi connectivity index (χ0n) is 11.3. The quantitative estimate of drug-likeness (QED) is 0.880. The highest BCUT2D eigenvalue weighted by Crippen LogP contribution is 2.11. The average Bonchev–Trinajstić information content (AvgIpc) is 2.69. The van der Waals surface area contributed by atoms with Crippen molar-refractivity contribution in [1.29, 1.82) is 0 Å². The fraction of sp³-hybridized carbons (Fsp3) is 0.538. The van der Waals surface area contributed by atoms with Crippen LogP contribution in [0.1, 0.15) is 19.4 Å². The minimum Gasteiger partial charge on any atom is -0.383 e. The molecule has 5 nitrogen and oxygen atoms in total. The highest BCUT2D eigenvalue weighted by atomic mass is 16.5. The summed E-state index contributed by atoms with van der Waals surface area (Å²) in [6, 6.07) is 4.21. The fourth-order valence-corrected chi connectivity index (χ4v) is 1.79. The molecule has 0 amide bonds. The first kappa shape index (κ1) is 12.8. The number of hydrogen-bond donors (Lipinski definition) is 1.